The molecule has 30 heavy (non-hydrogen) atoms. The largest absolute Gasteiger partial charge is 0.453 e. The van der Waals surface area contributed by atoms with Crippen molar-refractivity contribution >= 4 is 39.7 Å². The number of thiophene rings is 1. The second-order valence-corrected chi connectivity index (χ2v) is 7.27. The molecule has 2 aromatic rings. The topological polar surface area (TPSA) is 169 Å². The van der Waals surface area contributed by atoms with E-state index in [0.29, 0.717) is 23.4 Å². The van der Waals surface area contributed by atoms with Crippen molar-refractivity contribution in [3.05, 3.63) is 60.0 Å². The molecule has 1 aromatic carbocycles. The monoisotopic (exact) mass is 431 g/mol. The molecule has 1 aliphatic heterocycles. The summed E-state index contributed by atoms with van der Waals surface area (Å²) < 4.78 is 4.70. The van der Waals surface area contributed by atoms with Gasteiger partial charge < -0.3 is 15.0 Å². The maximum absolute atomic E-state index is 12.6. The van der Waals surface area contributed by atoms with Crippen molar-refractivity contribution in [1.29, 1.82) is 5.26 Å². The van der Waals surface area contributed by atoms with E-state index < -0.39 is 33.2 Å². The number of rotatable bonds is 4. The lowest BCUT2D eigenvalue weighted by Crippen LogP contribution is -2.35. The first kappa shape index (κ1) is 20.7. The van der Waals surface area contributed by atoms with Crippen LogP contribution in [0.1, 0.15) is 26.4 Å². The van der Waals surface area contributed by atoms with Crippen molar-refractivity contribution in [2.24, 2.45) is 0 Å². The first-order valence-electron chi connectivity index (χ1n) is 8.38. The third kappa shape index (κ3) is 3.89. The zero-order valence-corrected chi connectivity index (χ0v) is 16.2. The predicted octanol–water partition coefficient (Wildman–Crippen LogP) is 2.81. The van der Waals surface area contributed by atoms with Crippen molar-refractivity contribution in [2.75, 3.05) is 19.0 Å². The van der Waals surface area contributed by atoms with Crippen molar-refractivity contribution in [3.63, 3.8) is 0 Å². The van der Waals surface area contributed by atoms with E-state index in [9.17, 15) is 35.1 Å². The smallest absolute Gasteiger partial charge is 0.409 e. The molecule has 3 rings (SSSR count). The maximum Gasteiger partial charge on any atom is 0.409 e. The predicted molar refractivity (Wildman–Crippen MR) is 103 cm³/mol. The lowest BCUT2D eigenvalue weighted by atomic mass is 10.0. The first-order chi connectivity index (χ1) is 14.2. The molecule has 1 aliphatic rings. The Morgan fingerprint density at radius 2 is 1.87 bits per heavy atom. The van der Waals surface area contributed by atoms with E-state index >= 15 is 0 Å². The van der Waals surface area contributed by atoms with Crippen molar-refractivity contribution < 1.29 is 24.2 Å². The van der Waals surface area contributed by atoms with Crippen molar-refractivity contribution in [1.82, 2.24) is 4.90 Å². The maximum atomic E-state index is 12.6. The number of hydrogen-bond acceptors (Lipinski definition) is 9. The summed E-state index contributed by atoms with van der Waals surface area (Å²) in [5.41, 5.74) is -0.568. The molecule has 2 amide bonds. The quantitative estimate of drug-likeness (QED) is 0.569. The number of hydrogen-bond donors (Lipinski definition) is 1. The number of carbonyl (C=O) groups is 2. The van der Waals surface area contributed by atoms with Gasteiger partial charge in [-0.15, -0.1) is 11.3 Å². The van der Waals surface area contributed by atoms with Crippen LogP contribution in [0.2, 0.25) is 0 Å². The van der Waals surface area contributed by atoms with Crippen molar-refractivity contribution in [3.8, 4) is 6.07 Å². The van der Waals surface area contributed by atoms with E-state index in [4.69, 9.17) is 4.74 Å². The number of nitrogens with one attached hydrogen (secondary N) is 1. The molecule has 2 heterocycles. The van der Waals surface area contributed by atoms with E-state index in [1.807, 2.05) is 6.07 Å². The van der Waals surface area contributed by atoms with Gasteiger partial charge in [0.05, 0.1) is 40.7 Å². The lowest BCUT2D eigenvalue weighted by molar-refractivity contribution is -0.394. The van der Waals surface area contributed by atoms with Crippen LogP contribution in [0.25, 0.3) is 0 Å². The van der Waals surface area contributed by atoms with E-state index in [1.165, 1.54) is 12.0 Å². The molecule has 0 saturated carbocycles. The number of ether oxygens (including phenoxy) is 1. The van der Waals surface area contributed by atoms with Gasteiger partial charge in [-0.2, -0.15) is 5.26 Å². The van der Waals surface area contributed by atoms with Crippen LogP contribution in [-0.2, 0) is 17.7 Å². The summed E-state index contributed by atoms with van der Waals surface area (Å²) in [5, 5.41) is 34.3. The number of anilines is 1. The molecule has 12 nitrogen and oxygen atoms in total. The fourth-order valence-corrected chi connectivity index (χ4v) is 4.22. The SMILES string of the molecule is COC(=O)N1CCc2c(sc(NC(=O)c3cc([N+](=O)[O-])cc([N+](=O)[O-])c3)c2C#N)C1. The standard InChI is InChI=1S/C17H13N5O7S/c1-29-17(24)20-3-2-12-13(7-18)16(30-14(12)8-20)19-15(23)9-4-10(21(25)26)6-11(5-9)22(27)28/h4-6H,2-3,8H2,1H3,(H,19,23). The number of amides is 2. The third-order valence-corrected chi connectivity index (χ3v) is 5.55. The summed E-state index contributed by atoms with van der Waals surface area (Å²) in [7, 11) is 1.26. The Hall–Kier alpha value is -4.05. The van der Waals surface area contributed by atoms with Gasteiger partial charge in [0.25, 0.3) is 17.3 Å². The highest BCUT2D eigenvalue weighted by Crippen LogP contribution is 2.37. The second kappa shape index (κ2) is 8.13. The molecule has 154 valence electrons. The van der Waals surface area contributed by atoms with Gasteiger partial charge in [0.15, 0.2) is 0 Å². The Bertz CT molecular complexity index is 1090. The van der Waals surface area contributed by atoms with Gasteiger partial charge in [-0.25, -0.2) is 4.79 Å². The Morgan fingerprint density at radius 1 is 1.23 bits per heavy atom. The van der Waals surface area contributed by atoms with Crippen LogP contribution < -0.4 is 5.32 Å². The number of nitro benzene ring substituents is 2. The highest BCUT2D eigenvalue weighted by molar-refractivity contribution is 7.16. The molecule has 13 heteroatoms. The normalized spacial score (nSPS) is 12.5. The number of methoxy groups -OCH3 is 1. The zero-order chi connectivity index (χ0) is 22.0. The Morgan fingerprint density at radius 3 is 2.40 bits per heavy atom. The van der Waals surface area contributed by atoms with Crippen LogP contribution in [0, 0.1) is 31.6 Å². The number of nitro groups is 2. The highest BCUT2D eigenvalue weighted by atomic mass is 32.1. The molecule has 0 unspecified atom stereocenters. The molecule has 1 aromatic heterocycles. The van der Waals surface area contributed by atoms with E-state index in [-0.39, 0.29) is 22.7 Å². The van der Waals surface area contributed by atoms with Crippen LogP contribution >= 0.6 is 11.3 Å². The van der Waals surface area contributed by atoms with Gasteiger partial charge in [-0.1, -0.05) is 0 Å². The van der Waals surface area contributed by atoms with E-state index in [1.54, 1.807) is 0 Å². The fraction of sp³-hybridized carbons (Fsp3) is 0.235. The van der Waals surface area contributed by atoms with Crippen LogP contribution in [0.5, 0.6) is 0 Å². The summed E-state index contributed by atoms with van der Waals surface area (Å²) in [6.07, 6.45) is -0.121. The second-order valence-electron chi connectivity index (χ2n) is 6.17. The van der Waals surface area contributed by atoms with E-state index in [0.717, 1.165) is 29.5 Å². The van der Waals surface area contributed by atoms with Crippen LogP contribution in [0.15, 0.2) is 18.2 Å². The minimum atomic E-state index is -0.838. The fourth-order valence-electron chi connectivity index (χ4n) is 3.01. The van der Waals surface area contributed by atoms with Gasteiger partial charge in [0.1, 0.15) is 11.1 Å². The summed E-state index contributed by atoms with van der Waals surface area (Å²) in [6, 6.07) is 4.61. The number of nitrogens with zero attached hydrogens (tertiary/aromatic N) is 4. The molecule has 0 radical (unpaired) electrons. The van der Waals surface area contributed by atoms with Gasteiger partial charge >= 0.3 is 6.09 Å². The van der Waals surface area contributed by atoms with Gasteiger partial charge in [-0.3, -0.25) is 25.0 Å². The minimum absolute atomic E-state index is 0.202. The Kier molecular flexibility index (Phi) is 5.61. The van der Waals surface area contributed by atoms with Gasteiger partial charge in [-0.05, 0) is 12.0 Å². The summed E-state index contributed by atoms with van der Waals surface area (Å²) in [6.45, 7) is 0.551. The Balaban J connectivity index is 1.92. The molecular formula is C17H13N5O7S. The number of non-ortho nitro benzene ring substituents is 2. The molecule has 0 aliphatic carbocycles. The molecule has 0 spiro atoms. The van der Waals surface area contributed by atoms with Gasteiger partial charge in [0.2, 0.25) is 0 Å². The summed E-state index contributed by atoms with van der Waals surface area (Å²) in [4.78, 5) is 46.9. The third-order valence-electron chi connectivity index (χ3n) is 4.41. The molecule has 0 fully saturated rings. The van der Waals surface area contributed by atoms with Crippen LogP contribution in [0.4, 0.5) is 21.2 Å². The van der Waals surface area contributed by atoms with Crippen LogP contribution in [-0.4, -0.2) is 40.4 Å². The average molecular weight is 431 g/mol. The number of carbonyl (C=O) groups excluding carboxylic acids is 2. The number of nitriles is 1. The zero-order valence-electron chi connectivity index (χ0n) is 15.4. The molecule has 1 N–H and O–H groups in total. The van der Waals surface area contributed by atoms with Crippen LogP contribution in [0.3, 0.4) is 0 Å². The van der Waals surface area contributed by atoms with E-state index in [2.05, 4.69) is 5.32 Å². The number of fused-ring (bicyclic) bond motifs is 1. The lowest BCUT2D eigenvalue weighted by Gasteiger charge is -2.25. The Labute approximate surface area is 172 Å². The summed E-state index contributed by atoms with van der Waals surface area (Å²) in [5.74, 6) is -0.832. The van der Waals surface area contributed by atoms with Crippen molar-refractivity contribution in [2.45, 2.75) is 13.0 Å². The number of benzene rings is 1. The first-order valence-corrected chi connectivity index (χ1v) is 9.19. The van der Waals surface area contributed by atoms with Gasteiger partial charge in [0, 0.05) is 23.6 Å². The average Bonchev–Trinajstić information content (AvgIpc) is 3.08. The molecule has 0 saturated heterocycles. The molecular weight excluding hydrogens is 418 g/mol. The summed E-state index contributed by atoms with van der Waals surface area (Å²) >= 11 is 1.09. The highest BCUT2D eigenvalue weighted by Gasteiger charge is 2.28. The minimum Gasteiger partial charge on any atom is -0.453 e. The molecule has 0 bridgehead atoms. The molecule has 0 atom stereocenters.